The number of ether oxygens (including phenoxy) is 6. The van der Waals surface area contributed by atoms with E-state index in [-0.39, 0.29) is 12.2 Å². The third kappa shape index (κ3) is 6.29. The van der Waals surface area contributed by atoms with Gasteiger partial charge in [0.15, 0.2) is 11.9 Å². The molecule has 8 nitrogen and oxygen atoms in total. The van der Waals surface area contributed by atoms with E-state index in [4.69, 9.17) is 28.4 Å². The fourth-order valence-corrected chi connectivity index (χ4v) is 3.44. The highest BCUT2D eigenvalue weighted by atomic mass is 16.8. The predicted octanol–water partition coefficient (Wildman–Crippen LogP) is 3.17. The second kappa shape index (κ2) is 11.3. The number of esters is 2. The van der Waals surface area contributed by atoms with Gasteiger partial charge in [-0.2, -0.15) is 0 Å². The summed E-state index contributed by atoms with van der Waals surface area (Å²) in [7, 11) is 2.85. The fraction of sp³-hybridized carbons (Fsp3) is 0.565. The first-order valence-corrected chi connectivity index (χ1v) is 10.3. The molecule has 0 aromatic heterocycles. The van der Waals surface area contributed by atoms with Crippen molar-refractivity contribution >= 4 is 11.9 Å². The third-order valence-electron chi connectivity index (χ3n) is 5.25. The van der Waals surface area contributed by atoms with Gasteiger partial charge in [-0.3, -0.25) is 4.79 Å². The number of hydrogen-bond donors (Lipinski definition) is 0. The van der Waals surface area contributed by atoms with Gasteiger partial charge < -0.3 is 28.4 Å². The SMILES string of the molecule is C=C(C(=O)OC)C(OC(C)=O)C1OC(CC)(CC)OC1COCc1ccc(OC)cc1. The summed E-state index contributed by atoms with van der Waals surface area (Å²) >= 11 is 0. The molecule has 1 heterocycles. The smallest absolute Gasteiger partial charge is 0.337 e. The number of carbonyl (C=O) groups excluding carboxylic acids is 2. The summed E-state index contributed by atoms with van der Waals surface area (Å²) in [6, 6.07) is 7.52. The Hall–Kier alpha value is -2.42. The molecule has 172 valence electrons. The highest BCUT2D eigenvalue weighted by molar-refractivity contribution is 5.89. The minimum Gasteiger partial charge on any atom is -0.497 e. The van der Waals surface area contributed by atoms with E-state index in [9.17, 15) is 9.59 Å². The number of rotatable bonds is 11. The van der Waals surface area contributed by atoms with Crippen molar-refractivity contribution in [2.75, 3.05) is 20.8 Å². The Bertz CT molecular complexity index is 753. The van der Waals surface area contributed by atoms with E-state index in [1.54, 1.807) is 7.11 Å². The van der Waals surface area contributed by atoms with Crippen molar-refractivity contribution in [3.8, 4) is 5.75 Å². The molecule has 8 heteroatoms. The highest BCUT2D eigenvalue weighted by Gasteiger charge is 2.51. The molecule has 0 bridgehead atoms. The van der Waals surface area contributed by atoms with E-state index in [1.165, 1.54) is 14.0 Å². The Morgan fingerprint density at radius 2 is 1.77 bits per heavy atom. The van der Waals surface area contributed by atoms with Crippen molar-refractivity contribution in [2.24, 2.45) is 0 Å². The zero-order chi connectivity index (χ0) is 23.0. The molecule has 3 unspecified atom stereocenters. The second-order valence-electron chi connectivity index (χ2n) is 7.27. The molecule has 0 saturated carbocycles. The molecule has 0 N–H and O–H groups in total. The molecule has 1 aliphatic rings. The van der Waals surface area contributed by atoms with Crippen LogP contribution >= 0.6 is 0 Å². The molecule has 0 aliphatic carbocycles. The molecule has 1 aromatic carbocycles. The van der Waals surface area contributed by atoms with Crippen LogP contribution in [-0.2, 0) is 39.9 Å². The lowest BCUT2D eigenvalue weighted by molar-refractivity contribution is -0.191. The third-order valence-corrected chi connectivity index (χ3v) is 5.25. The number of benzene rings is 1. The molecule has 0 amide bonds. The molecular weight excluding hydrogens is 404 g/mol. The van der Waals surface area contributed by atoms with Gasteiger partial charge in [0.1, 0.15) is 18.0 Å². The fourth-order valence-electron chi connectivity index (χ4n) is 3.44. The van der Waals surface area contributed by atoms with Gasteiger partial charge in [0, 0.05) is 6.92 Å². The van der Waals surface area contributed by atoms with Gasteiger partial charge in [0.05, 0.1) is 33.0 Å². The summed E-state index contributed by atoms with van der Waals surface area (Å²) < 4.78 is 33.6. The zero-order valence-corrected chi connectivity index (χ0v) is 18.8. The summed E-state index contributed by atoms with van der Waals surface area (Å²) in [5.74, 6) is -1.36. The van der Waals surface area contributed by atoms with Crippen LogP contribution in [0.15, 0.2) is 36.4 Å². The van der Waals surface area contributed by atoms with Crippen LogP contribution in [-0.4, -0.2) is 56.9 Å². The van der Waals surface area contributed by atoms with Crippen LogP contribution in [0.5, 0.6) is 5.75 Å². The largest absolute Gasteiger partial charge is 0.497 e. The zero-order valence-electron chi connectivity index (χ0n) is 18.8. The molecule has 1 fully saturated rings. The molecule has 1 saturated heterocycles. The minimum atomic E-state index is -1.06. The van der Waals surface area contributed by atoms with Crippen LogP contribution in [0.2, 0.25) is 0 Å². The van der Waals surface area contributed by atoms with Crippen molar-refractivity contribution in [3.63, 3.8) is 0 Å². The molecule has 3 atom stereocenters. The van der Waals surface area contributed by atoms with Crippen LogP contribution in [0.3, 0.4) is 0 Å². The topological polar surface area (TPSA) is 89.5 Å². The average Bonchev–Trinajstić information content (AvgIpc) is 3.16. The van der Waals surface area contributed by atoms with Gasteiger partial charge in [0.2, 0.25) is 0 Å². The lowest BCUT2D eigenvalue weighted by Gasteiger charge is -2.28. The van der Waals surface area contributed by atoms with Crippen molar-refractivity contribution < 1.29 is 38.0 Å². The first-order chi connectivity index (χ1) is 14.8. The van der Waals surface area contributed by atoms with Gasteiger partial charge in [0.25, 0.3) is 0 Å². The van der Waals surface area contributed by atoms with Crippen LogP contribution in [0, 0.1) is 0 Å². The lowest BCUT2D eigenvalue weighted by atomic mass is 10.0. The molecule has 31 heavy (non-hydrogen) atoms. The predicted molar refractivity (Wildman–Crippen MR) is 112 cm³/mol. The van der Waals surface area contributed by atoms with E-state index >= 15 is 0 Å². The normalized spacial score (nSPS) is 20.7. The van der Waals surface area contributed by atoms with E-state index in [2.05, 4.69) is 6.58 Å². The highest BCUT2D eigenvalue weighted by Crippen LogP contribution is 2.38. The van der Waals surface area contributed by atoms with Crippen LogP contribution in [0.25, 0.3) is 0 Å². The first-order valence-electron chi connectivity index (χ1n) is 10.3. The maximum atomic E-state index is 12.1. The number of carbonyl (C=O) groups is 2. The van der Waals surface area contributed by atoms with Crippen molar-refractivity contribution in [3.05, 3.63) is 42.0 Å². The quantitative estimate of drug-likeness (QED) is 0.386. The molecular formula is C23H32O8. The summed E-state index contributed by atoms with van der Waals surface area (Å²) in [6.07, 6.45) is -1.26. The van der Waals surface area contributed by atoms with E-state index in [0.717, 1.165) is 11.3 Å². The van der Waals surface area contributed by atoms with Crippen molar-refractivity contribution in [1.82, 2.24) is 0 Å². The maximum Gasteiger partial charge on any atom is 0.337 e. The van der Waals surface area contributed by atoms with Gasteiger partial charge in [-0.25, -0.2) is 4.79 Å². The van der Waals surface area contributed by atoms with Gasteiger partial charge >= 0.3 is 11.9 Å². The van der Waals surface area contributed by atoms with Crippen LogP contribution in [0.4, 0.5) is 0 Å². The molecule has 2 rings (SSSR count). The van der Waals surface area contributed by atoms with E-state index in [1.807, 2.05) is 38.1 Å². The second-order valence-corrected chi connectivity index (χ2v) is 7.27. The van der Waals surface area contributed by atoms with Crippen molar-refractivity contribution in [2.45, 2.75) is 64.3 Å². The van der Waals surface area contributed by atoms with Crippen LogP contribution in [0.1, 0.15) is 39.2 Å². The average molecular weight is 437 g/mol. The van der Waals surface area contributed by atoms with E-state index < -0.39 is 36.0 Å². The lowest BCUT2D eigenvalue weighted by Crippen LogP contribution is -2.43. The molecule has 0 radical (unpaired) electrons. The van der Waals surface area contributed by atoms with Crippen LogP contribution < -0.4 is 4.74 Å². The Morgan fingerprint density at radius 3 is 2.29 bits per heavy atom. The van der Waals surface area contributed by atoms with Gasteiger partial charge in [-0.05, 0) is 30.5 Å². The summed E-state index contributed by atoms with van der Waals surface area (Å²) in [6.45, 7) is 9.42. The number of hydrogen-bond acceptors (Lipinski definition) is 8. The summed E-state index contributed by atoms with van der Waals surface area (Å²) in [4.78, 5) is 23.8. The van der Waals surface area contributed by atoms with Gasteiger partial charge in [-0.1, -0.05) is 32.6 Å². The Balaban J connectivity index is 2.17. The van der Waals surface area contributed by atoms with Crippen molar-refractivity contribution in [1.29, 1.82) is 0 Å². The maximum absolute atomic E-state index is 12.1. The molecule has 1 aromatic rings. The summed E-state index contributed by atoms with van der Waals surface area (Å²) in [5, 5.41) is 0. The standard InChI is InChI=1S/C23H32O8/c1-7-23(8-2)30-19(14-28-13-17-9-11-18(26-5)12-10-17)21(31-23)20(29-16(4)24)15(3)22(25)27-6/h9-12,19-21H,3,7-8,13-14H2,1-2,4-6H3. The molecule has 1 aliphatic heterocycles. The first kappa shape index (κ1) is 24.8. The monoisotopic (exact) mass is 436 g/mol. The van der Waals surface area contributed by atoms with E-state index in [0.29, 0.717) is 19.4 Å². The number of methoxy groups -OCH3 is 2. The van der Waals surface area contributed by atoms with Gasteiger partial charge in [-0.15, -0.1) is 0 Å². The molecule has 0 spiro atoms. The minimum absolute atomic E-state index is 0.0190. The Labute approximate surface area is 183 Å². The Kier molecular flexibility index (Phi) is 9.03. The summed E-state index contributed by atoms with van der Waals surface area (Å²) in [5.41, 5.74) is 0.943. The Morgan fingerprint density at radius 1 is 1.13 bits per heavy atom.